The zero-order valence-electron chi connectivity index (χ0n) is 15.7. The minimum atomic E-state index is -0.887. The molecule has 0 aromatic heterocycles. The number of rotatable bonds is 6. The largest absolute Gasteiger partial charge is 0.493 e. The summed E-state index contributed by atoms with van der Waals surface area (Å²) in [6.45, 7) is 5.76. The number of allylic oxidation sites excluding steroid dienone is 2. The van der Waals surface area contributed by atoms with Crippen LogP contribution in [0.1, 0.15) is 24.8 Å². The van der Waals surface area contributed by atoms with Crippen LogP contribution in [0.3, 0.4) is 0 Å². The van der Waals surface area contributed by atoms with Crippen LogP contribution in [-0.2, 0) is 9.53 Å². The van der Waals surface area contributed by atoms with Gasteiger partial charge in [0, 0.05) is 13.0 Å². The molecule has 0 saturated heterocycles. The maximum atomic E-state index is 13.1. The number of Topliss-reactive ketones (excluding diaryl/α,β-unsaturated/α-hetero) is 1. The lowest BCUT2D eigenvalue weighted by Crippen LogP contribution is -2.48. The summed E-state index contributed by atoms with van der Waals surface area (Å²) in [5.41, 5.74) is 0.709. The summed E-state index contributed by atoms with van der Waals surface area (Å²) in [5.74, 6) is 0.375. The molecule has 140 valence electrons. The van der Waals surface area contributed by atoms with Crippen LogP contribution >= 0.6 is 0 Å². The first-order chi connectivity index (χ1) is 12.4. The predicted molar refractivity (Wildman–Crippen MR) is 98.6 cm³/mol. The van der Waals surface area contributed by atoms with E-state index in [0.29, 0.717) is 23.5 Å². The summed E-state index contributed by atoms with van der Waals surface area (Å²) in [6.07, 6.45) is 3.10. The van der Waals surface area contributed by atoms with Crippen molar-refractivity contribution in [1.82, 2.24) is 0 Å². The standard InChI is InChI=1S/C21H26O5/c1-6-7-14-11-21(26-5)12(2)17(18(19(14)22)20(21)23)13-8-9-15(24-3)16(10-13)25-4/h6,8-12,17-18,20,23H,1,7H2,2-5H3/t12-,17+,18+,20?,21+/m1/s1. The van der Waals surface area contributed by atoms with Gasteiger partial charge in [0.1, 0.15) is 5.60 Å². The number of carbonyl (C=O) groups excluding carboxylic acids is 1. The molecule has 2 aliphatic carbocycles. The highest BCUT2D eigenvalue weighted by molar-refractivity contribution is 6.00. The van der Waals surface area contributed by atoms with Gasteiger partial charge in [-0.1, -0.05) is 19.1 Å². The Hall–Kier alpha value is -2.11. The number of fused-ring (bicyclic) bond motifs is 2. The maximum absolute atomic E-state index is 13.1. The topological polar surface area (TPSA) is 65.0 Å². The molecule has 1 aromatic rings. The second-order valence-electron chi connectivity index (χ2n) is 6.98. The van der Waals surface area contributed by atoms with Gasteiger partial charge in [0.25, 0.3) is 0 Å². The second-order valence-corrected chi connectivity index (χ2v) is 6.98. The Morgan fingerprint density at radius 1 is 1.19 bits per heavy atom. The number of aliphatic hydroxyl groups excluding tert-OH is 1. The first-order valence-electron chi connectivity index (χ1n) is 8.77. The zero-order chi connectivity index (χ0) is 19.1. The quantitative estimate of drug-likeness (QED) is 0.792. The van der Waals surface area contributed by atoms with Crippen LogP contribution in [0.4, 0.5) is 0 Å². The third-order valence-electron chi connectivity index (χ3n) is 5.97. The molecule has 1 aromatic carbocycles. The molecule has 0 spiro atoms. The number of ether oxygens (including phenoxy) is 3. The van der Waals surface area contributed by atoms with Gasteiger partial charge in [0.05, 0.1) is 26.2 Å². The zero-order valence-corrected chi connectivity index (χ0v) is 15.7. The molecule has 0 radical (unpaired) electrons. The summed E-state index contributed by atoms with van der Waals surface area (Å²) in [6, 6.07) is 5.65. The fraction of sp³-hybridized carbons (Fsp3) is 0.476. The van der Waals surface area contributed by atoms with Crippen molar-refractivity contribution in [3.05, 3.63) is 48.1 Å². The molecule has 3 rings (SSSR count). The third kappa shape index (κ3) is 2.49. The smallest absolute Gasteiger partial charge is 0.165 e. The molecule has 1 saturated carbocycles. The highest BCUT2D eigenvalue weighted by Crippen LogP contribution is 2.56. The number of ketones is 1. The summed E-state index contributed by atoms with van der Waals surface area (Å²) in [7, 11) is 4.76. The van der Waals surface area contributed by atoms with Gasteiger partial charge >= 0.3 is 0 Å². The average molecular weight is 358 g/mol. The highest BCUT2D eigenvalue weighted by atomic mass is 16.5. The van der Waals surface area contributed by atoms with Crippen molar-refractivity contribution in [3.63, 3.8) is 0 Å². The highest BCUT2D eigenvalue weighted by Gasteiger charge is 2.63. The summed E-state index contributed by atoms with van der Waals surface area (Å²) in [5, 5.41) is 11.0. The van der Waals surface area contributed by atoms with Crippen LogP contribution in [0.2, 0.25) is 0 Å². The molecule has 0 aliphatic heterocycles. The lowest BCUT2D eigenvalue weighted by atomic mass is 9.79. The van der Waals surface area contributed by atoms with Crippen LogP contribution in [0.25, 0.3) is 0 Å². The fourth-order valence-corrected chi connectivity index (χ4v) is 4.66. The minimum absolute atomic E-state index is 0.0331. The van der Waals surface area contributed by atoms with Crippen molar-refractivity contribution < 1.29 is 24.1 Å². The predicted octanol–water partition coefficient (Wildman–Crippen LogP) is 2.88. The van der Waals surface area contributed by atoms with Gasteiger partial charge in [-0.2, -0.15) is 0 Å². The van der Waals surface area contributed by atoms with Crippen molar-refractivity contribution >= 4 is 5.78 Å². The van der Waals surface area contributed by atoms with E-state index >= 15 is 0 Å². The number of benzene rings is 1. The Kier molecular flexibility index (Phi) is 4.95. The number of methoxy groups -OCH3 is 3. The molecule has 5 heteroatoms. The molecule has 5 nitrogen and oxygen atoms in total. The van der Waals surface area contributed by atoms with E-state index in [1.54, 1.807) is 27.4 Å². The Morgan fingerprint density at radius 2 is 1.88 bits per heavy atom. The van der Waals surface area contributed by atoms with Crippen molar-refractivity contribution in [1.29, 1.82) is 0 Å². The van der Waals surface area contributed by atoms with Gasteiger partial charge in [-0.25, -0.2) is 0 Å². The van der Waals surface area contributed by atoms with Gasteiger partial charge in [0.2, 0.25) is 0 Å². The van der Waals surface area contributed by atoms with Crippen LogP contribution in [0.15, 0.2) is 42.5 Å². The van der Waals surface area contributed by atoms with Crippen molar-refractivity contribution in [3.8, 4) is 11.5 Å². The van der Waals surface area contributed by atoms with Crippen LogP contribution in [0.5, 0.6) is 11.5 Å². The molecule has 2 aliphatic rings. The van der Waals surface area contributed by atoms with Gasteiger partial charge < -0.3 is 19.3 Å². The Balaban J connectivity index is 2.11. The molecular weight excluding hydrogens is 332 g/mol. The number of hydrogen-bond donors (Lipinski definition) is 1. The fourth-order valence-electron chi connectivity index (χ4n) is 4.66. The number of aliphatic hydroxyl groups is 1. The Morgan fingerprint density at radius 3 is 2.46 bits per heavy atom. The normalized spacial score (nSPS) is 33.0. The lowest BCUT2D eigenvalue weighted by molar-refractivity contribution is -0.130. The van der Waals surface area contributed by atoms with E-state index in [1.807, 2.05) is 31.2 Å². The Labute approximate surface area is 154 Å². The Bertz CT molecular complexity index is 753. The molecule has 0 heterocycles. The summed E-state index contributed by atoms with van der Waals surface area (Å²) < 4.78 is 16.5. The van der Waals surface area contributed by atoms with Crippen molar-refractivity contribution in [2.45, 2.75) is 31.0 Å². The van der Waals surface area contributed by atoms with E-state index in [-0.39, 0.29) is 17.6 Å². The van der Waals surface area contributed by atoms with Gasteiger partial charge in [-0.15, -0.1) is 6.58 Å². The molecule has 26 heavy (non-hydrogen) atoms. The van der Waals surface area contributed by atoms with Crippen molar-refractivity contribution in [2.75, 3.05) is 21.3 Å². The van der Waals surface area contributed by atoms with E-state index < -0.39 is 17.6 Å². The first kappa shape index (κ1) is 18.7. The van der Waals surface area contributed by atoms with E-state index in [2.05, 4.69) is 6.58 Å². The van der Waals surface area contributed by atoms with Gasteiger partial charge in [-0.3, -0.25) is 4.79 Å². The average Bonchev–Trinajstić information content (AvgIpc) is 2.81. The van der Waals surface area contributed by atoms with Gasteiger partial charge in [0.15, 0.2) is 17.3 Å². The molecule has 1 N–H and O–H groups in total. The van der Waals surface area contributed by atoms with Crippen LogP contribution in [-0.4, -0.2) is 43.9 Å². The number of carbonyl (C=O) groups is 1. The van der Waals surface area contributed by atoms with E-state index in [1.165, 1.54) is 0 Å². The van der Waals surface area contributed by atoms with Crippen LogP contribution < -0.4 is 9.47 Å². The first-order valence-corrected chi connectivity index (χ1v) is 8.77. The monoisotopic (exact) mass is 358 g/mol. The van der Waals surface area contributed by atoms with E-state index in [4.69, 9.17) is 14.2 Å². The lowest BCUT2D eigenvalue weighted by Gasteiger charge is -2.36. The summed E-state index contributed by atoms with van der Waals surface area (Å²) >= 11 is 0. The molecular formula is C21H26O5. The molecule has 1 unspecified atom stereocenters. The molecule has 0 amide bonds. The maximum Gasteiger partial charge on any atom is 0.165 e. The van der Waals surface area contributed by atoms with Gasteiger partial charge in [-0.05, 0) is 41.7 Å². The molecule has 1 fully saturated rings. The van der Waals surface area contributed by atoms with Crippen LogP contribution in [0, 0.1) is 11.8 Å². The second kappa shape index (κ2) is 6.89. The van der Waals surface area contributed by atoms with E-state index in [0.717, 1.165) is 5.56 Å². The third-order valence-corrected chi connectivity index (χ3v) is 5.97. The van der Waals surface area contributed by atoms with Crippen molar-refractivity contribution in [2.24, 2.45) is 11.8 Å². The van der Waals surface area contributed by atoms with E-state index in [9.17, 15) is 9.90 Å². The molecule has 2 bridgehead atoms. The number of hydrogen-bond acceptors (Lipinski definition) is 5. The SMILES string of the molecule is C=CCC1=C[C@@]2(OC)C(O)[C@H](C1=O)[C@H](c1ccc(OC)c(OC)c1)[C@H]2C. The minimum Gasteiger partial charge on any atom is -0.493 e. The summed E-state index contributed by atoms with van der Waals surface area (Å²) in [4.78, 5) is 13.1. The molecule has 5 atom stereocenters.